The van der Waals surface area contributed by atoms with Crippen molar-refractivity contribution in [3.63, 3.8) is 0 Å². The number of hydrogen-bond donors (Lipinski definition) is 0. The summed E-state index contributed by atoms with van der Waals surface area (Å²) in [4.78, 5) is 14.9. The lowest BCUT2D eigenvalue weighted by molar-refractivity contribution is -0.135. The van der Waals surface area contributed by atoms with Crippen LogP contribution in [0.15, 0.2) is 53.4 Å². The van der Waals surface area contributed by atoms with Gasteiger partial charge < -0.3 is 14.4 Å². The highest BCUT2D eigenvalue weighted by Crippen LogP contribution is 2.26. The van der Waals surface area contributed by atoms with Crippen molar-refractivity contribution in [3.8, 4) is 11.5 Å². The predicted molar refractivity (Wildman–Crippen MR) is 114 cm³/mol. The zero-order chi connectivity index (χ0) is 21.7. The summed E-state index contributed by atoms with van der Waals surface area (Å²) in [6.07, 6.45) is 1.34. The average molecular weight is 433 g/mol. The van der Waals surface area contributed by atoms with E-state index in [-0.39, 0.29) is 23.3 Å². The Balaban J connectivity index is 1.67. The molecular formula is C22H28N2O5S. The molecule has 1 fully saturated rings. The molecule has 0 N–H and O–H groups in total. The lowest BCUT2D eigenvalue weighted by atomic mass is 9.98. The minimum atomic E-state index is -3.65. The number of carbonyl (C=O) groups is 1. The van der Waals surface area contributed by atoms with Gasteiger partial charge in [-0.25, -0.2) is 8.42 Å². The number of nitrogens with zero attached hydrogens (tertiary/aromatic N) is 2. The number of piperidine rings is 1. The van der Waals surface area contributed by atoms with Crippen molar-refractivity contribution >= 4 is 15.9 Å². The lowest BCUT2D eigenvalue weighted by Crippen LogP contribution is -2.45. The molecule has 30 heavy (non-hydrogen) atoms. The first-order chi connectivity index (χ1) is 14.3. The molecule has 0 aromatic heterocycles. The van der Waals surface area contributed by atoms with Crippen LogP contribution in [0, 0.1) is 5.92 Å². The van der Waals surface area contributed by atoms with E-state index in [0.29, 0.717) is 31.7 Å². The third-order valence-corrected chi connectivity index (χ3v) is 7.26. The van der Waals surface area contributed by atoms with Crippen LogP contribution < -0.4 is 9.47 Å². The minimum Gasteiger partial charge on any atom is -0.497 e. The van der Waals surface area contributed by atoms with Gasteiger partial charge in [0.15, 0.2) is 0 Å². The third kappa shape index (κ3) is 4.94. The Morgan fingerprint density at radius 3 is 2.17 bits per heavy atom. The van der Waals surface area contributed by atoms with Crippen LogP contribution in [0.4, 0.5) is 0 Å². The van der Waals surface area contributed by atoms with Crippen LogP contribution in [-0.4, -0.2) is 57.9 Å². The molecule has 0 radical (unpaired) electrons. The third-order valence-electron chi connectivity index (χ3n) is 5.39. The highest BCUT2D eigenvalue weighted by Gasteiger charge is 2.34. The second-order valence-corrected chi connectivity index (χ2v) is 9.36. The second kappa shape index (κ2) is 9.49. The Bertz CT molecular complexity index is 958. The first kappa shape index (κ1) is 22.1. The molecule has 0 unspecified atom stereocenters. The predicted octanol–water partition coefficient (Wildman–Crippen LogP) is 2.76. The number of ether oxygens (including phenoxy) is 2. The molecule has 1 atom stereocenters. The molecule has 0 aliphatic carbocycles. The van der Waals surface area contributed by atoms with Gasteiger partial charge in [0.25, 0.3) is 0 Å². The van der Waals surface area contributed by atoms with E-state index in [1.807, 2.05) is 24.3 Å². The van der Waals surface area contributed by atoms with E-state index < -0.39 is 10.0 Å². The van der Waals surface area contributed by atoms with E-state index in [2.05, 4.69) is 0 Å². The molecule has 7 nitrogen and oxygen atoms in total. The van der Waals surface area contributed by atoms with Crippen molar-refractivity contribution in [1.29, 1.82) is 0 Å². The quantitative estimate of drug-likeness (QED) is 0.673. The molecule has 3 rings (SSSR count). The number of rotatable bonds is 7. The van der Waals surface area contributed by atoms with Crippen LogP contribution in [0.25, 0.3) is 0 Å². The van der Waals surface area contributed by atoms with Crippen molar-refractivity contribution < 1.29 is 22.7 Å². The van der Waals surface area contributed by atoms with E-state index in [4.69, 9.17) is 9.47 Å². The van der Waals surface area contributed by atoms with E-state index in [0.717, 1.165) is 11.3 Å². The molecule has 2 aromatic carbocycles. The Kier molecular flexibility index (Phi) is 6.99. The maximum absolute atomic E-state index is 13.0. The highest BCUT2D eigenvalue weighted by atomic mass is 32.2. The molecule has 0 spiro atoms. The van der Waals surface area contributed by atoms with Gasteiger partial charge >= 0.3 is 0 Å². The van der Waals surface area contributed by atoms with Crippen molar-refractivity contribution in [3.05, 3.63) is 54.1 Å². The molecule has 2 aromatic rings. The largest absolute Gasteiger partial charge is 0.497 e. The molecule has 0 saturated carbocycles. The van der Waals surface area contributed by atoms with Crippen molar-refractivity contribution in [2.24, 2.45) is 5.92 Å². The maximum Gasteiger partial charge on any atom is 0.243 e. The number of hydrogen-bond acceptors (Lipinski definition) is 5. The zero-order valence-corrected chi connectivity index (χ0v) is 18.4. The number of carbonyl (C=O) groups excluding carboxylic acids is 1. The average Bonchev–Trinajstić information content (AvgIpc) is 2.79. The lowest BCUT2D eigenvalue weighted by Gasteiger charge is -2.33. The molecule has 8 heteroatoms. The smallest absolute Gasteiger partial charge is 0.243 e. The molecule has 1 aliphatic heterocycles. The van der Waals surface area contributed by atoms with Crippen LogP contribution in [0.1, 0.15) is 18.4 Å². The van der Waals surface area contributed by atoms with Crippen LogP contribution in [0.2, 0.25) is 0 Å². The van der Waals surface area contributed by atoms with Crippen LogP contribution >= 0.6 is 0 Å². The Morgan fingerprint density at radius 2 is 1.60 bits per heavy atom. The van der Waals surface area contributed by atoms with Gasteiger partial charge in [-0.05, 0) is 54.8 Å². The minimum absolute atomic E-state index is 0.0413. The molecule has 1 aliphatic rings. The van der Waals surface area contributed by atoms with Crippen molar-refractivity contribution in [1.82, 2.24) is 9.21 Å². The SMILES string of the molecule is COc1ccc(CN(C)C(=O)[C@@H]2CCCN(S(=O)(=O)c3ccc(OC)cc3)C2)cc1. The van der Waals surface area contributed by atoms with Gasteiger partial charge in [0.1, 0.15) is 11.5 Å². The molecule has 1 heterocycles. The van der Waals surface area contributed by atoms with E-state index >= 15 is 0 Å². The molecule has 0 bridgehead atoms. The van der Waals surface area contributed by atoms with Crippen LogP contribution in [0.5, 0.6) is 11.5 Å². The summed E-state index contributed by atoms with van der Waals surface area (Å²) in [5, 5.41) is 0. The summed E-state index contributed by atoms with van der Waals surface area (Å²) in [6, 6.07) is 13.9. The van der Waals surface area contributed by atoms with Gasteiger partial charge in [0.05, 0.1) is 25.0 Å². The van der Waals surface area contributed by atoms with Crippen LogP contribution in [0.3, 0.4) is 0 Å². The van der Waals surface area contributed by atoms with Gasteiger partial charge in [-0.2, -0.15) is 4.31 Å². The molecule has 162 valence electrons. The topological polar surface area (TPSA) is 76.2 Å². The summed E-state index contributed by atoms with van der Waals surface area (Å²) in [5.41, 5.74) is 0.991. The summed E-state index contributed by atoms with van der Waals surface area (Å²) < 4.78 is 37.7. The Morgan fingerprint density at radius 1 is 1.03 bits per heavy atom. The summed E-state index contributed by atoms with van der Waals surface area (Å²) in [7, 11) is 1.25. The van der Waals surface area contributed by atoms with Gasteiger partial charge in [0, 0.05) is 26.7 Å². The van der Waals surface area contributed by atoms with Crippen LogP contribution in [-0.2, 0) is 21.4 Å². The van der Waals surface area contributed by atoms with Gasteiger partial charge in [-0.1, -0.05) is 12.1 Å². The zero-order valence-electron chi connectivity index (χ0n) is 17.6. The fourth-order valence-electron chi connectivity index (χ4n) is 3.65. The maximum atomic E-state index is 13.0. The van der Waals surface area contributed by atoms with E-state index in [1.54, 1.807) is 31.2 Å². The Labute approximate surface area is 178 Å². The number of methoxy groups -OCH3 is 2. The van der Waals surface area contributed by atoms with E-state index in [9.17, 15) is 13.2 Å². The summed E-state index contributed by atoms with van der Waals surface area (Å²) in [5.74, 6) is 0.968. The fourth-order valence-corrected chi connectivity index (χ4v) is 5.18. The summed E-state index contributed by atoms with van der Waals surface area (Å²) >= 11 is 0. The summed E-state index contributed by atoms with van der Waals surface area (Å²) in [6.45, 7) is 1.07. The molecule has 1 saturated heterocycles. The van der Waals surface area contributed by atoms with Crippen molar-refractivity contribution in [2.75, 3.05) is 34.4 Å². The van der Waals surface area contributed by atoms with E-state index in [1.165, 1.54) is 23.5 Å². The molecule has 1 amide bonds. The monoisotopic (exact) mass is 432 g/mol. The van der Waals surface area contributed by atoms with Gasteiger partial charge in [-0.15, -0.1) is 0 Å². The van der Waals surface area contributed by atoms with Gasteiger partial charge in [-0.3, -0.25) is 4.79 Å². The van der Waals surface area contributed by atoms with Crippen molar-refractivity contribution in [2.45, 2.75) is 24.3 Å². The normalized spacial score (nSPS) is 17.4. The highest BCUT2D eigenvalue weighted by molar-refractivity contribution is 7.89. The number of sulfonamides is 1. The van der Waals surface area contributed by atoms with Gasteiger partial charge in [0.2, 0.25) is 15.9 Å². The Hall–Kier alpha value is -2.58. The first-order valence-electron chi connectivity index (χ1n) is 9.87. The number of benzene rings is 2. The standard InChI is InChI=1S/C22H28N2O5S/c1-23(15-17-6-8-19(28-2)9-7-17)22(25)18-5-4-14-24(16-18)30(26,27)21-12-10-20(29-3)11-13-21/h6-13,18H,4-5,14-16H2,1-3H3/t18-/m1/s1. The second-order valence-electron chi connectivity index (χ2n) is 7.42. The fraction of sp³-hybridized carbons (Fsp3) is 0.409. The molecular weight excluding hydrogens is 404 g/mol. The number of amides is 1. The first-order valence-corrected chi connectivity index (χ1v) is 11.3.